The molecule has 6 heteroatoms. The van der Waals surface area contributed by atoms with E-state index in [0.29, 0.717) is 24.4 Å². The minimum atomic E-state index is -0.215. The van der Waals surface area contributed by atoms with E-state index < -0.39 is 0 Å². The molecule has 0 unspecified atom stereocenters. The summed E-state index contributed by atoms with van der Waals surface area (Å²) in [6, 6.07) is 18.4. The first-order valence-electron chi connectivity index (χ1n) is 10.4. The third-order valence-corrected chi connectivity index (χ3v) is 5.28. The van der Waals surface area contributed by atoms with Crippen molar-refractivity contribution in [2.75, 3.05) is 32.8 Å². The molecule has 0 aliphatic carbocycles. The van der Waals surface area contributed by atoms with E-state index in [1.54, 1.807) is 0 Å². The Morgan fingerprint density at radius 1 is 1.03 bits per heavy atom. The molecular weight excluding hydrogens is 378 g/mol. The van der Waals surface area contributed by atoms with Crippen LogP contribution < -0.4 is 5.32 Å². The molecule has 0 saturated carbocycles. The van der Waals surface area contributed by atoms with Crippen molar-refractivity contribution in [2.24, 2.45) is 0 Å². The molecule has 3 aromatic rings. The minimum Gasteiger partial charge on any atom is -0.379 e. The fraction of sp³-hybridized carbons (Fsp3) is 0.333. The normalized spacial score (nSPS) is 14.6. The summed E-state index contributed by atoms with van der Waals surface area (Å²) in [5.74, 6) is 0.483. The number of nitrogens with zero attached hydrogens (tertiary/aromatic N) is 2. The molecule has 2 heterocycles. The van der Waals surface area contributed by atoms with Gasteiger partial charge in [0.1, 0.15) is 5.76 Å². The number of ether oxygens (including phenoxy) is 1. The molecule has 156 valence electrons. The Hall–Kier alpha value is -2.96. The number of nitrogens with one attached hydrogen (secondary N) is 1. The van der Waals surface area contributed by atoms with E-state index in [1.165, 1.54) is 5.56 Å². The lowest BCUT2D eigenvalue weighted by atomic mass is 9.98. The van der Waals surface area contributed by atoms with Crippen molar-refractivity contribution < 1.29 is 14.1 Å². The fourth-order valence-corrected chi connectivity index (χ4v) is 3.72. The van der Waals surface area contributed by atoms with Gasteiger partial charge in [-0.15, -0.1) is 0 Å². The molecular formula is C24H27N3O3. The number of aromatic nitrogens is 1. The molecule has 1 saturated heterocycles. The topological polar surface area (TPSA) is 67.6 Å². The largest absolute Gasteiger partial charge is 0.379 e. The van der Waals surface area contributed by atoms with E-state index in [0.717, 1.165) is 49.5 Å². The molecule has 1 aliphatic rings. The maximum Gasteiger partial charge on any atom is 0.274 e. The Labute approximate surface area is 176 Å². The van der Waals surface area contributed by atoms with Gasteiger partial charge in [-0.1, -0.05) is 59.8 Å². The lowest BCUT2D eigenvalue weighted by Crippen LogP contribution is -2.35. The molecule has 1 aromatic heterocycles. The van der Waals surface area contributed by atoms with Crippen LogP contribution >= 0.6 is 0 Å². The van der Waals surface area contributed by atoms with Gasteiger partial charge in [0.2, 0.25) is 0 Å². The number of amides is 1. The molecule has 4 rings (SSSR count). The van der Waals surface area contributed by atoms with E-state index in [2.05, 4.69) is 39.6 Å². The summed E-state index contributed by atoms with van der Waals surface area (Å²) in [4.78, 5) is 15.0. The average molecular weight is 405 g/mol. The lowest BCUT2D eigenvalue weighted by Gasteiger charge is -2.26. The monoisotopic (exact) mass is 405 g/mol. The van der Waals surface area contributed by atoms with Crippen LogP contribution in [0, 0.1) is 0 Å². The molecule has 1 aliphatic heterocycles. The van der Waals surface area contributed by atoms with Crippen molar-refractivity contribution in [3.8, 4) is 11.1 Å². The summed E-state index contributed by atoms with van der Waals surface area (Å²) in [6.45, 7) is 6.81. The maximum absolute atomic E-state index is 12.6. The van der Waals surface area contributed by atoms with Crippen LogP contribution in [-0.2, 0) is 17.7 Å². The fourth-order valence-electron chi connectivity index (χ4n) is 3.72. The first-order chi connectivity index (χ1) is 14.7. The molecule has 0 radical (unpaired) electrons. The Balaban J connectivity index is 1.61. The molecule has 0 bridgehead atoms. The number of carbonyl (C=O) groups excluding carboxylic acids is 1. The SMILES string of the molecule is CCNC(=O)c1noc(Cc2ccccc2)c1-c1ccc(CN2CCOCC2)cc1. The van der Waals surface area contributed by atoms with Crippen LogP contribution in [0.1, 0.15) is 34.3 Å². The number of hydrogen-bond donors (Lipinski definition) is 1. The highest BCUT2D eigenvalue weighted by molar-refractivity contribution is 5.99. The standard InChI is InChI=1S/C24H27N3O3/c1-2-25-24(28)23-22(21(30-26-23)16-18-6-4-3-5-7-18)20-10-8-19(9-11-20)17-27-12-14-29-15-13-27/h3-11H,2,12-17H2,1H3,(H,25,28). The Morgan fingerprint density at radius 3 is 2.47 bits per heavy atom. The summed E-state index contributed by atoms with van der Waals surface area (Å²) in [5, 5.41) is 6.95. The van der Waals surface area contributed by atoms with Crippen LogP contribution in [-0.4, -0.2) is 48.8 Å². The van der Waals surface area contributed by atoms with Crippen LogP contribution in [0.2, 0.25) is 0 Å². The van der Waals surface area contributed by atoms with Gasteiger partial charge in [0.25, 0.3) is 5.91 Å². The number of hydrogen-bond acceptors (Lipinski definition) is 5. The summed E-state index contributed by atoms with van der Waals surface area (Å²) < 4.78 is 11.1. The summed E-state index contributed by atoms with van der Waals surface area (Å²) in [6.07, 6.45) is 0.581. The summed E-state index contributed by atoms with van der Waals surface area (Å²) >= 11 is 0. The van der Waals surface area contributed by atoms with Crippen LogP contribution in [0.15, 0.2) is 59.1 Å². The second-order valence-corrected chi connectivity index (χ2v) is 7.44. The molecule has 0 spiro atoms. The van der Waals surface area contributed by atoms with E-state index >= 15 is 0 Å². The van der Waals surface area contributed by atoms with Gasteiger partial charge in [-0.05, 0) is 23.6 Å². The molecule has 0 atom stereocenters. The Morgan fingerprint density at radius 2 is 1.77 bits per heavy atom. The van der Waals surface area contributed by atoms with E-state index in [-0.39, 0.29) is 5.91 Å². The predicted molar refractivity (Wildman–Crippen MR) is 115 cm³/mol. The van der Waals surface area contributed by atoms with Gasteiger partial charge in [-0.25, -0.2) is 0 Å². The first kappa shape index (κ1) is 20.3. The third-order valence-electron chi connectivity index (χ3n) is 5.28. The zero-order chi connectivity index (χ0) is 20.8. The van der Waals surface area contributed by atoms with E-state index in [9.17, 15) is 4.79 Å². The van der Waals surface area contributed by atoms with Crippen molar-refractivity contribution >= 4 is 5.91 Å². The highest BCUT2D eigenvalue weighted by Crippen LogP contribution is 2.30. The number of rotatable bonds is 7. The van der Waals surface area contributed by atoms with Gasteiger partial charge < -0.3 is 14.6 Å². The average Bonchev–Trinajstić information content (AvgIpc) is 3.19. The quantitative estimate of drug-likeness (QED) is 0.652. The van der Waals surface area contributed by atoms with Crippen LogP contribution in [0.5, 0.6) is 0 Å². The zero-order valence-corrected chi connectivity index (χ0v) is 17.3. The molecule has 30 heavy (non-hydrogen) atoms. The molecule has 2 aromatic carbocycles. The highest BCUT2D eigenvalue weighted by atomic mass is 16.5. The number of morpholine rings is 1. The molecule has 1 fully saturated rings. The summed E-state index contributed by atoms with van der Waals surface area (Å²) in [7, 11) is 0. The van der Waals surface area contributed by atoms with Gasteiger partial charge in [0.15, 0.2) is 5.69 Å². The highest BCUT2D eigenvalue weighted by Gasteiger charge is 2.23. The van der Waals surface area contributed by atoms with Crippen LogP contribution in [0.4, 0.5) is 0 Å². The van der Waals surface area contributed by atoms with Crippen molar-refractivity contribution in [1.82, 2.24) is 15.4 Å². The van der Waals surface area contributed by atoms with Gasteiger partial charge in [0, 0.05) is 32.6 Å². The van der Waals surface area contributed by atoms with Gasteiger partial charge in [0.05, 0.1) is 18.8 Å². The van der Waals surface area contributed by atoms with Crippen molar-refractivity contribution in [3.05, 3.63) is 77.2 Å². The number of carbonyl (C=O) groups is 1. The van der Waals surface area contributed by atoms with E-state index in [1.807, 2.05) is 37.3 Å². The second-order valence-electron chi connectivity index (χ2n) is 7.44. The summed E-state index contributed by atoms with van der Waals surface area (Å²) in [5.41, 5.74) is 4.39. The molecule has 1 amide bonds. The van der Waals surface area contributed by atoms with E-state index in [4.69, 9.17) is 9.26 Å². The van der Waals surface area contributed by atoms with Crippen molar-refractivity contribution in [3.63, 3.8) is 0 Å². The predicted octanol–water partition coefficient (Wildman–Crippen LogP) is 3.51. The first-order valence-corrected chi connectivity index (χ1v) is 10.4. The Kier molecular flexibility index (Phi) is 6.57. The van der Waals surface area contributed by atoms with Crippen LogP contribution in [0.3, 0.4) is 0 Å². The zero-order valence-electron chi connectivity index (χ0n) is 17.3. The maximum atomic E-state index is 12.6. The minimum absolute atomic E-state index is 0.215. The third kappa shape index (κ3) is 4.78. The van der Waals surface area contributed by atoms with Crippen LogP contribution in [0.25, 0.3) is 11.1 Å². The van der Waals surface area contributed by atoms with Gasteiger partial charge in [-0.3, -0.25) is 9.69 Å². The molecule has 6 nitrogen and oxygen atoms in total. The molecule has 1 N–H and O–H groups in total. The smallest absolute Gasteiger partial charge is 0.274 e. The lowest BCUT2D eigenvalue weighted by molar-refractivity contribution is 0.0342. The number of benzene rings is 2. The van der Waals surface area contributed by atoms with Crippen molar-refractivity contribution in [1.29, 1.82) is 0 Å². The van der Waals surface area contributed by atoms with Gasteiger partial charge in [-0.2, -0.15) is 0 Å². The van der Waals surface area contributed by atoms with Crippen molar-refractivity contribution in [2.45, 2.75) is 19.9 Å². The second kappa shape index (κ2) is 9.69. The Bertz CT molecular complexity index is 961. The van der Waals surface area contributed by atoms with Gasteiger partial charge >= 0.3 is 0 Å².